The van der Waals surface area contributed by atoms with Gasteiger partial charge in [0.25, 0.3) is 5.89 Å². The summed E-state index contributed by atoms with van der Waals surface area (Å²) in [6.07, 6.45) is 2.31. The normalized spacial score (nSPS) is 12.0. The second-order valence-electron chi connectivity index (χ2n) is 4.87. The minimum Gasteiger partial charge on any atom is -0.449 e. The molecule has 1 unspecified atom stereocenters. The highest BCUT2D eigenvalue weighted by Gasteiger charge is 2.21. The second-order valence-corrected chi connectivity index (χ2v) is 4.87. The molecule has 0 fully saturated rings. The summed E-state index contributed by atoms with van der Waals surface area (Å²) >= 11 is 0. The van der Waals surface area contributed by atoms with Crippen molar-refractivity contribution in [1.82, 2.24) is 15.1 Å². The monoisotopic (exact) mass is 331 g/mol. The highest BCUT2D eigenvalue weighted by Crippen LogP contribution is 2.21. The lowest BCUT2D eigenvalue weighted by Crippen LogP contribution is -2.10. The fourth-order valence-electron chi connectivity index (χ4n) is 1.91. The van der Waals surface area contributed by atoms with Crippen LogP contribution in [0, 0.1) is 11.6 Å². The molecule has 0 radical (unpaired) electrons. The molecule has 122 valence electrons. The summed E-state index contributed by atoms with van der Waals surface area (Å²) in [5, 5.41) is 3.79. The predicted molar refractivity (Wildman–Crippen MR) is 77.7 cm³/mol. The van der Waals surface area contributed by atoms with Crippen LogP contribution in [0.5, 0.6) is 0 Å². The van der Waals surface area contributed by atoms with Crippen molar-refractivity contribution in [2.45, 2.75) is 13.0 Å². The van der Waals surface area contributed by atoms with Crippen LogP contribution >= 0.6 is 0 Å². The number of carbonyl (C=O) groups is 1. The number of carbonyl (C=O) groups excluding carboxylic acids is 1. The molecule has 6 nitrogen and oxygen atoms in total. The van der Waals surface area contributed by atoms with Crippen LogP contribution in [0.3, 0.4) is 0 Å². The van der Waals surface area contributed by atoms with Gasteiger partial charge in [-0.3, -0.25) is 4.98 Å². The van der Waals surface area contributed by atoms with Gasteiger partial charge in [0.05, 0.1) is 5.56 Å². The number of benzene rings is 1. The Morgan fingerprint density at radius 2 is 2.08 bits per heavy atom. The standard InChI is InChI=1S/C16H11F2N3O3/c1-9(23-16(22)10-4-5-12(17)13(18)7-10)15-20-14(21-24-15)11-3-2-6-19-8-11/h2-9H,1H3. The van der Waals surface area contributed by atoms with Gasteiger partial charge in [0.1, 0.15) is 0 Å². The minimum absolute atomic E-state index is 0.0739. The lowest BCUT2D eigenvalue weighted by Gasteiger charge is -2.09. The summed E-state index contributed by atoms with van der Waals surface area (Å²) in [5.41, 5.74) is 0.527. The molecule has 24 heavy (non-hydrogen) atoms. The number of hydrogen-bond donors (Lipinski definition) is 0. The molecule has 0 saturated carbocycles. The maximum Gasteiger partial charge on any atom is 0.339 e. The fraction of sp³-hybridized carbons (Fsp3) is 0.125. The first-order valence-electron chi connectivity index (χ1n) is 6.94. The largest absolute Gasteiger partial charge is 0.449 e. The third kappa shape index (κ3) is 3.27. The Morgan fingerprint density at radius 3 is 2.79 bits per heavy atom. The summed E-state index contributed by atoms with van der Waals surface area (Å²) in [6.45, 7) is 1.53. The Kier molecular flexibility index (Phi) is 4.28. The number of ether oxygens (including phenoxy) is 1. The molecule has 0 aliphatic rings. The zero-order valence-corrected chi connectivity index (χ0v) is 12.4. The zero-order chi connectivity index (χ0) is 17.1. The van der Waals surface area contributed by atoms with E-state index >= 15 is 0 Å². The highest BCUT2D eigenvalue weighted by atomic mass is 19.2. The average Bonchev–Trinajstić information content (AvgIpc) is 3.08. The molecule has 2 aromatic heterocycles. The van der Waals surface area contributed by atoms with E-state index in [1.165, 1.54) is 6.92 Å². The Morgan fingerprint density at radius 1 is 1.25 bits per heavy atom. The van der Waals surface area contributed by atoms with E-state index < -0.39 is 23.7 Å². The van der Waals surface area contributed by atoms with Gasteiger partial charge in [-0.1, -0.05) is 5.16 Å². The molecule has 2 heterocycles. The van der Waals surface area contributed by atoms with Crippen LogP contribution in [-0.2, 0) is 4.74 Å². The second kappa shape index (κ2) is 6.53. The quantitative estimate of drug-likeness (QED) is 0.682. The molecule has 0 amide bonds. The van der Waals surface area contributed by atoms with Crippen molar-refractivity contribution >= 4 is 5.97 Å². The lowest BCUT2D eigenvalue weighted by molar-refractivity contribution is 0.0265. The number of rotatable bonds is 4. The lowest BCUT2D eigenvalue weighted by atomic mass is 10.2. The maximum absolute atomic E-state index is 13.2. The van der Waals surface area contributed by atoms with Crippen molar-refractivity contribution in [3.63, 3.8) is 0 Å². The Balaban J connectivity index is 1.73. The summed E-state index contributed by atoms with van der Waals surface area (Å²) in [4.78, 5) is 20.0. The Hall–Kier alpha value is -3.16. The van der Waals surface area contributed by atoms with Crippen LogP contribution in [-0.4, -0.2) is 21.1 Å². The molecule has 0 bridgehead atoms. The van der Waals surface area contributed by atoms with Crippen LogP contribution in [0.1, 0.15) is 29.3 Å². The van der Waals surface area contributed by atoms with E-state index in [9.17, 15) is 13.6 Å². The van der Waals surface area contributed by atoms with E-state index in [4.69, 9.17) is 9.26 Å². The van der Waals surface area contributed by atoms with E-state index in [0.29, 0.717) is 11.4 Å². The third-order valence-corrected chi connectivity index (χ3v) is 3.15. The van der Waals surface area contributed by atoms with Crippen LogP contribution in [0.2, 0.25) is 0 Å². The van der Waals surface area contributed by atoms with Crippen molar-refractivity contribution in [2.24, 2.45) is 0 Å². The van der Waals surface area contributed by atoms with Gasteiger partial charge in [-0.15, -0.1) is 0 Å². The molecule has 3 aromatic rings. The van der Waals surface area contributed by atoms with Gasteiger partial charge in [0, 0.05) is 18.0 Å². The number of aromatic nitrogens is 3. The molecular weight excluding hydrogens is 320 g/mol. The summed E-state index contributed by atoms with van der Waals surface area (Å²) < 4.78 is 36.2. The SMILES string of the molecule is CC(OC(=O)c1ccc(F)c(F)c1)c1nc(-c2cccnc2)no1. The summed E-state index contributed by atoms with van der Waals surface area (Å²) in [6, 6.07) is 6.21. The molecule has 8 heteroatoms. The van der Waals surface area contributed by atoms with Crippen molar-refractivity contribution in [3.05, 3.63) is 65.8 Å². The van der Waals surface area contributed by atoms with Gasteiger partial charge in [-0.05, 0) is 37.3 Å². The van der Waals surface area contributed by atoms with Crippen molar-refractivity contribution < 1.29 is 22.8 Å². The van der Waals surface area contributed by atoms with Gasteiger partial charge in [0.2, 0.25) is 5.82 Å². The first-order valence-corrected chi connectivity index (χ1v) is 6.94. The molecule has 0 N–H and O–H groups in total. The van der Waals surface area contributed by atoms with Gasteiger partial charge >= 0.3 is 5.97 Å². The Bertz CT molecular complexity index is 868. The molecular formula is C16H11F2N3O3. The molecule has 1 atom stereocenters. The fourth-order valence-corrected chi connectivity index (χ4v) is 1.91. The average molecular weight is 331 g/mol. The number of hydrogen-bond acceptors (Lipinski definition) is 6. The van der Waals surface area contributed by atoms with Crippen LogP contribution in [0.15, 0.2) is 47.2 Å². The molecule has 0 saturated heterocycles. The predicted octanol–water partition coefficient (Wildman–Crippen LogP) is 3.33. The van der Waals surface area contributed by atoms with E-state index in [1.54, 1.807) is 24.5 Å². The van der Waals surface area contributed by atoms with Gasteiger partial charge in [0.15, 0.2) is 17.7 Å². The van der Waals surface area contributed by atoms with Crippen molar-refractivity contribution in [1.29, 1.82) is 0 Å². The van der Waals surface area contributed by atoms with Crippen molar-refractivity contribution in [2.75, 3.05) is 0 Å². The molecule has 3 rings (SSSR count). The van der Waals surface area contributed by atoms with Crippen molar-refractivity contribution in [3.8, 4) is 11.4 Å². The van der Waals surface area contributed by atoms with Gasteiger partial charge in [-0.2, -0.15) is 4.98 Å². The molecule has 0 aliphatic carbocycles. The number of esters is 1. The highest BCUT2D eigenvalue weighted by molar-refractivity contribution is 5.89. The smallest absolute Gasteiger partial charge is 0.339 e. The van der Waals surface area contributed by atoms with E-state index in [1.807, 2.05) is 0 Å². The summed E-state index contributed by atoms with van der Waals surface area (Å²) in [7, 11) is 0. The molecule has 1 aromatic carbocycles. The van der Waals surface area contributed by atoms with E-state index in [0.717, 1.165) is 18.2 Å². The van der Waals surface area contributed by atoms with E-state index in [-0.39, 0.29) is 11.5 Å². The Labute approximate surface area is 135 Å². The van der Waals surface area contributed by atoms with Gasteiger partial charge in [-0.25, -0.2) is 13.6 Å². The van der Waals surface area contributed by atoms with Crippen LogP contribution in [0.4, 0.5) is 8.78 Å². The number of pyridine rings is 1. The van der Waals surface area contributed by atoms with Crippen LogP contribution in [0.25, 0.3) is 11.4 Å². The van der Waals surface area contributed by atoms with Crippen LogP contribution < -0.4 is 0 Å². The number of nitrogens with zero attached hydrogens (tertiary/aromatic N) is 3. The number of halogens is 2. The van der Waals surface area contributed by atoms with Gasteiger partial charge < -0.3 is 9.26 Å². The molecule has 0 aliphatic heterocycles. The maximum atomic E-state index is 13.2. The summed E-state index contributed by atoms with van der Waals surface area (Å²) in [5.74, 6) is -2.63. The van der Waals surface area contributed by atoms with E-state index in [2.05, 4.69) is 15.1 Å². The third-order valence-electron chi connectivity index (χ3n) is 3.15. The first-order chi connectivity index (χ1) is 11.5. The molecule has 0 spiro atoms. The minimum atomic E-state index is -1.13. The zero-order valence-electron chi connectivity index (χ0n) is 12.4. The topological polar surface area (TPSA) is 78.1 Å². The first kappa shape index (κ1) is 15.7.